The molecular formula is C21H26FNO2S. The van der Waals surface area contributed by atoms with Crippen LogP contribution < -0.4 is 4.72 Å². The van der Waals surface area contributed by atoms with Crippen LogP contribution in [-0.4, -0.2) is 19.7 Å². The summed E-state index contributed by atoms with van der Waals surface area (Å²) in [5.74, 6) is 0. The van der Waals surface area contributed by atoms with Crippen LogP contribution in [0.5, 0.6) is 0 Å². The van der Waals surface area contributed by atoms with Crippen molar-refractivity contribution in [2.45, 2.75) is 56.5 Å². The fraction of sp³-hybridized carbons (Fsp3) is 0.429. The van der Waals surface area contributed by atoms with Gasteiger partial charge in [-0.2, -0.15) is 0 Å². The van der Waals surface area contributed by atoms with E-state index in [2.05, 4.69) is 4.72 Å². The van der Waals surface area contributed by atoms with E-state index >= 15 is 4.39 Å². The fourth-order valence-corrected chi connectivity index (χ4v) is 4.51. The Morgan fingerprint density at radius 3 is 2.23 bits per heavy atom. The molecule has 0 aliphatic heterocycles. The lowest BCUT2D eigenvalue weighted by Gasteiger charge is -2.38. The summed E-state index contributed by atoms with van der Waals surface area (Å²) in [6.07, 6.45) is 2.45. The number of alkyl halides is 1. The topological polar surface area (TPSA) is 46.2 Å². The van der Waals surface area contributed by atoms with Gasteiger partial charge in [-0.15, -0.1) is 0 Å². The quantitative estimate of drug-likeness (QED) is 0.817. The second-order valence-electron chi connectivity index (χ2n) is 7.32. The van der Waals surface area contributed by atoms with Gasteiger partial charge < -0.3 is 0 Å². The van der Waals surface area contributed by atoms with E-state index < -0.39 is 27.0 Å². The molecule has 1 aliphatic carbocycles. The van der Waals surface area contributed by atoms with Gasteiger partial charge in [-0.25, -0.2) is 17.5 Å². The lowest BCUT2D eigenvalue weighted by atomic mass is 9.77. The van der Waals surface area contributed by atoms with Crippen LogP contribution in [0.15, 0.2) is 54.6 Å². The van der Waals surface area contributed by atoms with E-state index in [4.69, 9.17) is 0 Å². The molecule has 3 nitrogen and oxygen atoms in total. The maximum absolute atomic E-state index is 16.0. The summed E-state index contributed by atoms with van der Waals surface area (Å²) in [6.45, 7) is 3.22. The van der Waals surface area contributed by atoms with E-state index in [0.29, 0.717) is 18.4 Å². The third kappa shape index (κ3) is 3.84. The van der Waals surface area contributed by atoms with Gasteiger partial charge in [-0.05, 0) is 49.8 Å². The van der Waals surface area contributed by atoms with E-state index in [-0.39, 0.29) is 0 Å². The molecule has 1 aliphatic rings. The maximum atomic E-state index is 16.0. The highest BCUT2D eigenvalue weighted by Crippen LogP contribution is 2.42. The lowest BCUT2D eigenvalue weighted by molar-refractivity contribution is 0.0712. The van der Waals surface area contributed by atoms with E-state index in [9.17, 15) is 8.42 Å². The highest BCUT2D eigenvalue weighted by molar-refractivity contribution is 7.90. The third-order valence-electron chi connectivity index (χ3n) is 5.23. The first-order valence-electron chi connectivity index (χ1n) is 9.19. The SMILES string of the molecule is CC(C)S(=O)(=O)N[C@H]1CCCC[C@@]1(F)c1ccc(-c2ccccc2)cc1. The number of nitrogens with one attached hydrogen (secondary N) is 1. The van der Waals surface area contributed by atoms with Crippen molar-refractivity contribution in [2.24, 2.45) is 0 Å². The summed E-state index contributed by atoms with van der Waals surface area (Å²) in [6, 6.07) is 16.6. The zero-order valence-corrected chi connectivity index (χ0v) is 16.1. The molecule has 0 heterocycles. The Morgan fingerprint density at radius 1 is 1.00 bits per heavy atom. The Labute approximate surface area is 155 Å². The second-order valence-corrected chi connectivity index (χ2v) is 9.58. The summed E-state index contributed by atoms with van der Waals surface area (Å²) in [5.41, 5.74) is 0.976. The van der Waals surface area contributed by atoms with Gasteiger partial charge >= 0.3 is 0 Å². The lowest BCUT2D eigenvalue weighted by Crippen LogP contribution is -2.51. The van der Waals surface area contributed by atoms with Gasteiger partial charge in [0.15, 0.2) is 5.67 Å². The van der Waals surface area contributed by atoms with Crippen LogP contribution in [0, 0.1) is 0 Å². The Hall–Kier alpha value is -1.72. The van der Waals surface area contributed by atoms with Gasteiger partial charge in [-0.3, -0.25) is 0 Å². The van der Waals surface area contributed by atoms with Crippen molar-refractivity contribution in [2.75, 3.05) is 0 Å². The molecule has 26 heavy (non-hydrogen) atoms. The Bertz CT molecular complexity index is 834. The molecule has 0 aromatic heterocycles. The summed E-state index contributed by atoms with van der Waals surface area (Å²) in [5, 5.41) is -0.575. The molecule has 2 aromatic rings. The minimum absolute atomic E-state index is 0.336. The Morgan fingerprint density at radius 2 is 1.62 bits per heavy atom. The van der Waals surface area contributed by atoms with Crippen molar-refractivity contribution in [1.82, 2.24) is 4.72 Å². The van der Waals surface area contributed by atoms with Crippen molar-refractivity contribution in [3.63, 3.8) is 0 Å². The van der Waals surface area contributed by atoms with Gasteiger partial charge in [0.1, 0.15) is 0 Å². The van der Waals surface area contributed by atoms with Crippen LogP contribution in [0.2, 0.25) is 0 Å². The van der Waals surface area contributed by atoms with Gasteiger partial charge in [-0.1, -0.05) is 61.0 Å². The molecular weight excluding hydrogens is 349 g/mol. The first-order chi connectivity index (χ1) is 12.3. The van der Waals surface area contributed by atoms with Crippen LogP contribution in [-0.2, 0) is 15.7 Å². The molecule has 0 radical (unpaired) electrons. The molecule has 5 heteroatoms. The second kappa shape index (κ2) is 7.49. The smallest absolute Gasteiger partial charge is 0.214 e. The van der Waals surface area contributed by atoms with E-state index in [1.165, 1.54) is 0 Å². The Kier molecular flexibility index (Phi) is 5.49. The third-order valence-corrected chi connectivity index (χ3v) is 7.09. The number of halogens is 1. The summed E-state index contributed by atoms with van der Waals surface area (Å²) >= 11 is 0. The van der Waals surface area contributed by atoms with Crippen molar-refractivity contribution in [1.29, 1.82) is 0 Å². The highest BCUT2D eigenvalue weighted by atomic mass is 32.2. The van der Waals surface area contributed by atoms with E-state index in [1.54, 1.807) is 26.0 Å². The minimum atomic E-state index is -3.52. The highest BCUT2D eigenvalue weighted by Gasteiger charge is 2.44. The molecule has 0 unspecified atom stereocenters. The predicted octanol–water partition coefficient (Wildman–Crippen LogP) is 4.79. The van der Waals surface area contributed by atoms with Crippen molar-refractivity contribution < 1.29 is 12.8 Å². The summed E-state index contributed by atoms with van der Waals surface area (Å²) < 4.78 is 43.2. The molecule has 3 rings (SSSR count). The normalized spacial score (nSPS) is 23.9. The van der Waals surface area contributed by atoms with Gasteiger partial charge in [0.2, 0.25) is 10.0 Å². The van der Waals surface area contributed by atoms with Gasteiger partial charge in [0.25, 0.3) is 0 Å². The monoisotopic (exact) mass is 375 g/mol. The van der Waals surface area contributed by atoms with Crippen LogP contribution in [0.25, 0.3) is 11.1 Å². The van der Waals surface area contributed by atoms with Gasteiger partial charge in [0.05, 0.1) is 11.3 Å². The maximum Gasteiger partial charge on any atom is 0.214 e. The molecule has 0 saturated heterocycles. The van der Waals surface area contributed by atoms with Crippen LogP contribution in [0.3, 0.4) is 0 Å². The van der Waals surface area contributed by atoms with Crippen molar-refractivity contribution >= 4 is 10.0 Å². The first-order valence-corrected chi connectivity index (χ1v) is 10.7. The summed E-state index contributed by atoms with van der Waals surface area (Å²) in [4.78, 5) is 0. The van der Waals surface area contributed by atoms with E-state index in [0.717, 1.165) is 24.0 Å². The molecule has 2 aromatic carbocycles. The standard InChI is InChI=1S/C21H26FNO2S/c1-16(2)26(24,25)23-20-10-6-7-15-21(20,22)19-13-11-18(12-14-19)17-8-4-3-5-9-17/h3-5,8-9,11-14,16,20,23H,6-7,10,15H2,1-2H3/t20-,21+/m0/s1. The number of benzene rings is 2. The van der Waals surface area contributed by atoms with Crippen LogP contribution in [0.4, 0.5) is 4.39 Å². The molecule has 1 saturated carbocycles. The number of hydrogen-bond donors (Lipinski definition) is 1. The predicted molar refractivity (Wildman–Crippen MR) is 104 cm³/mol. The Balaban J connectivity index is 1.89. The van der Waals surface area contributed by atoms with Gasteiger partial charge in [0, 0.05) is 0 Å². The van der Waals surface area contributed by atoms with Crippen molar-refractivity contribution in [3.05, 3.63) is 60.2 Å². The molecule has 140 valence electrons. The van der Waals surface area contributed by atoms with Crippen LogP contribution in [0.1, 0.15) is 45.1 Å². The molecule has 0 amide bonds. The zero-order chi connectivity index (χ0) is 18.8. The fourth-order valence-electron chi connectivity index (χ4n) is 3.54. The molecule has 1 fully saturated rings. The molecule has 0 spiro atoms. The average Bonchev–Trinajstić information content (AvgIpc) is 2.64. The molecule has 1 N–H and O–H groups in total. The van der Waals surface area contributed by atoms with E-state index in [1.807, 2.05) is 42.5 Å². The molecule has 2 atom stereocenters. The zero-order valence-electron chi connectivity index (χ0n) is 15.3. The van der Waals surface area contributed by atoms with Crippen LogP contribution >= 0.6 is 0 Å². The molecule has 0 bridgehead atoms. The van der Waals surface area contributed by atoms with Crippen molar-refractivity contribution in [3.8, 4) is 11.1 Å². The first kappa shape index (κ1) is 19.1. The minimum Gasteiger partial charge on any atom is -0.237 e. The number of rotatable bonds is 5. The largest absolute Gasteiger partial charge is 0.237 e. The number of hydrogen-bond acceptors (Lipinski definition) is 2. The summed E-state index contributed by atoms with van der Waals surface area (Å²) in [7, 11) is -3.52. The average molecular weight is 376 g/mol. The number of sulfonamides is 1.